The van der Waals surface area contributed by atoms with Crippen molar-refractivity contribution in [2.75, 3.05) is 62.0 Å². The maximum absolute atomic E-state index is 11.6. The van der Waals surface area contributed by atoms with E-state index < -0.39 is 9.84 Å². The number of methoxy groups -OCH3 is 6. The number of hydrogen-bond donors (Lipinski definition) is 0. The molecule has 0 amide bonds. The first-order valence-corrected chi connectivity index (χ1v) is 48.5. The number of para-hydroxylation sites is 5. The molecular formula is C111H109N19O10S. The van der Waals surface area contributed by atoms with Gasteiger partial charge in [0.15, 0.2) is 48.9 Å². The van der Waals surface area contributed by atoms with Crippen molar-refractivity contribution >= 4 is 43.9 Å². The fraction of sp³-hybridized carbons (Fsp3) is 0.225. The second kappa shape index (κ2) is 45.2. The number of nitrogens with zero attached hydrogens (tertiary/aromatic N) is 19. The van der Waals surface area contributed by atoms with Gasteiger partial charge in [0.25, 0.3) is 0 Å². The van der Waals surface area contributed by atoms with Gasteiger partial charge in [-0.25, -0.2) is 18.4 Å². The first kappa shape index (κ1) is 96.2. The van der Waals surface area contributed by atoms with Gasteiger partial charge in [-0.2, -0.15) is 0 Å². The predicted octanol–water partition coefficient (Wildman–Crippen LogP) is 19.6. The fourth-order valence-corrected chi connectivity index (χ4v) is 18.5. The molecule has 0 radical (unpaired) electrons. The molecule has 0 bridgehead atoms. The van der Waals surface area contributed by atoms with Gasteiger partial charge in [0.1, 0.15) is 66.1 Å². The van der Waals surface area contributed by atoms with Gasteiger partial charge in [-0.3, -0.25) is 31.7 Å². The molecule has 20 aromatic rings. The van der Waals surface area contributed by atoms with Crippen LogP contribution in [0.5, 0.6) is 34.6 Å². The summed E-state index contributed by atoms with van der Waals surface area (Å²) in [6, 6.07) is 85.0. The summed E-state index contributed by atoms with van der Waals surface area (Å²) in [5, 5.41) is 46.4. The first-order valence-electron chi connectivity index (χ1n) is 46.7. The molecule has 13 aromatic heterocycles. The zero-order valence-electron chi connectivity index (χ0n) is 80.4. The van der Waals surface area contributed by atoms with Crippen LogP contribution in [-0.4, -0.2) is 169 Å². The summed E-state index contributed by atoms with van der Waals surface area (Å²) in [6.45, 7) is 8.91. The summed E-state index contributed by atoms with van der Waals surface area (Å²) >= 11 is 0. The molecule has 1 fully saturated rings. The van der Waals surface area contributed by atoms with Crippen LogP contribution >= 0.6 is 0 Å². The number of hydrogen-bond acceptors (Lipinski definition) is 24. The number of likely N-dealkylation sites (tertiary alicyclic amines) is 1. The molecular weight excluding hydrogens is 1790 g/mol. The zero-order chi connectivity index (χ0) is 97.7. The third kappa shape index (κ3) is 22.5. The molecule has 141 heavy (non-hydrogen) atoms. The van der Waals surface area contributed by atoms with Crippen molar-refractivity contribution < 1.29 is 46.2 Å². The SMILES string of the molecule is COc1cc(-c2ccc(CCc3ccccc3OC)n3cnnc23)ccn1.COc1ccccc1CCc1ccc(-c2c(C)noc2C)c2nncn12.COc1ccccc1CCc1ccc(-c2ccc(C(C)=O)cc2)c2nncn12.COc1ccccc1CCc1ccc(-c2ccc(CN3CCCC3)cc2)c2nncn12.COc1ccccc1CCc1ccc(-c2ccc(S(C)(=O)=O)nc2)c2nncn12. The second-order valence-electron chi connectivity index (χ2n) is 34.1. The number of pyridine rings is 7. The Morgan fingerprint density at radius 1 is 0.362 bits per heavy atom. The molecule has 0 saturated carbocycles. The van der Waals surface area contributed by atoms with E-state index in [1.165, 1.54) is 71.1 Å². The minimum absolute atomic E-state index is 0.0483. The average Bonchev–Trinajstić information content (AvgIpc) is 1.64. The van der Waals surface area contributed by atoms with Crippen LogP contribution in [0.3, 0.4) is 0 Å². The Morgan fingerprint density at radius 2 is 0.695 bits per heavy atom. The average molecular weight is 1900 g/mol. The molecule has 30 heteroatoms. The molecule has 0 atom stereocenters. The molecule has 0 N–H and O–H groups in total. The highest BCUT2D eigenvalue weighted by molar-refractivity contribution is 7.90. The maximum atomic E-state index is 11.6. The van der Waals surface area contributed by atoms with Gasteiger partial charge in [0.2, 0.25) is 5.88 Å². The summed E-state index contributed by atoms with van der Waals surface area (Å²) in [5.74, 6) is 5.97. The molecule has 1 aliphatic heterocycles. The Hall–Kier alpha value is -16.5. The number of ketones is 1. The molecule has 714 valence electrons. The van der Waals surface area contributed by atoms with Crippen molar-refractivity contribution in [3.05, 3.63) is 378 Å². The van der Waals surface area contributed by atoms with Gasteiger partial charge in [-0.1, -0.05) is 145 Å². The van der Waals surface area contributed by atoms with Crippen molar-refractivity contribution in [3.8, 4) is 90.3 Å². The lowest BCUT2D eigenvalue weighted by atomic mass is 10.0. The predicted molar refractivity (Wildman–Crippen MR) is 543 cm³/mol. The number of aryl methyl sites for hydroxylation is 12. The lowest BCUT2D eigenvalue weighted by Gasteiger charge is -2.15. The molecule has 0 aliphatic carbocycles. The molecule has 1 aliphatic rings. The van der Waals surface area contributed by atoms with Crippen LogP contribution in [0.25, 0.3) is 83.9 Å². The van der Waals surface area contributed by atoms with Crippen molar-refractivity contribution in [3.63, 3.8) is 0 Å². The van der Waals surface area contributed by atoms with Crippen molar-refractivity contribution in [2.24, 2.45) is 0 Å². The van der Waals surface area contributed by atoms with Crippen LogP contribution in [0.2, 0.25) is 0 Å². The topological polar surface area (TPSA) is 313 Å². The van der Waals surface area contributed by atoms with Crippen LogP contribution in [0, 0.1) is 13.8 Å². The van der Waals surface area contributed by atoms with Crippen LogP contribution < -0.4 is 28.4 Å². The highest BCUT2D eigenvalue weighted by Gasteiger charge is 2.23. The number of carbonyl (C=O) groups is 1. The third-order valence-electron chi connectivity index (χ3n) is 25.4. The molecule has 0 unspecified atom stereocenters. The minimum atomic E-state index is -3.33. The Morgan fingerprint density at radius 3 is 1.02 bits per heavy atom. The van der Waals surface area contributed by atoms with Crippen LogP contribution in [0.15, 0.2) is 308 Å². The van der Waals surface area contributed by atoms with Gasteiger partial charge >= 0.3 is 0 Å². The largest absolute Gasteiger partial charge is 0.496 e. The van der Waals surface area contributed by atoms with E-state index in [1.54, 1.807) is 93.4 Å². The van der Waals surface area contributed by atoms with Gasteiger partial charge in [-0.15, -0.1) is 51.0 Å². The summed E-state index contributed by atoms with van der Waals surface area (Å²) in [5.41, 5.74) is 28.5. The van der Waals surface area contributed by atoms with E-state index in [-0.39, 0.29) is 10.8 Å². The number of ether oxygens (including phenoxy) is 6. The van der Waals surface area contributed by atoms with Crippen molar-refractivity contribution in [1.82, 2.24) is 93.0 Å². The summed E-state index contributed by atoms with van der Waals surface area (Å²) in [6.07, 6.45) is 24.4. The van der Waals surface area contributed by atoms with Crippen LogP contribution in [0.1, 0.15) is 103 Å². The summed E-state index contributed by atoms with van der Waals surface area (Å²) < 4.78 is 71.3. The molecule has 21 rings (SSSR count). The summed E-state index contributed by atoms with van der Waals surface area (Å²) in [4.78, 5) is 22.3. The number of Topliss-reactive ketones (excluding diaryl/α,β-unsaturated/α-hetero) is 1. The number of rotatable bonds is 30. The molecule has 7 aromatic carbocycles. The van der Waals surface area contributed by atoms with Crippen molar-refractivity contribution in [1.29, 1.82) is 0 Å². The van der Waals surface area contributed by atoms with E-state index in [0.717, 1.165) is 218 Å². The van der Waals surface area contributed by atoms with Crippen molar-refractivity contribution in [2.45, 2.75) is 109 Å². The van der Waals surface area contributed by atoms with E-state index in [1.807, 2.05) is 171 Å². The number of benzene rings is 7. The van der Waals surface area contributed by atoms with Crippen LogP contribution in [-0.2, 0) is 80.6 Å². The molecule has 1 saturated heterocycles. The molecule has 29 nitrogen and oxygen atoms in total. The van der Waals surface area contributed by atoms with Gasteiger partial charge < -0.3 is 32.9 Å². The molecule has 14 heterocycles. The Balaban J connectivity index is 0.000000122. The van der Waals surface area contributed by atoms with E-state index >= 15 is 0 Å². The standard InChI is InChI=1S/C26H28N4O.C23H21N3O2.C21H20N4O3S.C21H20N4O2.C20H20N4O2/c1-31-25-7-3-2-6-22(25)12-13-23-14-15-24(26-28-27-19-30(23)26)21-10-8-20(9-11-21)18-29-16-4-5-17-29;1-16(27)17-7-9-18(10-8-17)21-14-13-20(26-15-24-25-23(21)26)12-11-19-5-3-4-6-22(19)28-2;1-28-19-6-4-3-5-15(19)7-9-17-10-11-18(21-24-23-14-25(17)21)16-8-12-20(22-13-16)29(2,26)27;1-26-19-6-4-3-5-15(19)7-8-17-9-10-18(21-24-23-14-25(17)21)16-11-12-22-20(13-16)27-2;1-13-19(14(2)26-23-13)17-11-10-16(24-12-21-22-20(17)24)9-8-15-6-4-5-7-18(15)25-3/h2-3,6-11,14-15,19H,4-5,12-13,16-18H2,1H3;3-10,13-15H,11-12H2,1-2H3;3-6,8,10-14H,7,9H2,1-2H3;3-6,9-14H,7-8H2,1-2H3;4-7,10-12H,8-9H2,1-3H3. The van der Waals surface area contributed by atoms with Gasteiger partial charge in [-0.05, 0) is 270 Å². The smallest absolute Gasteiger partial charge is 0.213 e. The number of sulfone groups is 1. The summed E-state index contributed by atoms with van der Waals surface area (Å²) in [7, 11) is 6.78. The monoisotopic (exact) mass is 1900 g/mol. The maximum Gasteiger partial charge on any atom is 0.213 e. The number of fused-ring (bicyclic) bond motifs is 5. The highest BCUT2D eigenvalue weighted by Crippen LogP contribution is 2.36. The quantitative estimate of drug-likeness (QED) is 0.0378. The minimum Gasteiger partial charge on any atom is -0.496 e. The second-order valence-corrected chi connectivity index (χ2v) is 36.1. The normalized spacial score (nSPS) is 11.9. The van der Waals surface area contributed by atoms with E-state index in [4.69, 9.17) is 32.9 Å². The van der Waals surface area contributed by atoms with E-state index in [2.05, 4.69) is 185 Å². The van der Waals surface area contributed by atoms with Crippen LogP contribution in [0.4, 0.5) is 0 Å². The van der Waals surface area contributed by atoms with E-state index in [9.17, 15) is 13.2 Å². The fourth-order valence-electron chi connectivity index (χ4n) is 18.0. The van der Waals surface area contributed by atoms with Gasteiger partial charge in [0.05, 0.1) is 53.9 Å². The zero-order valence-corrected chi connectivity index (χ0v) is 81.2. The Kier molecular flexibility index (Phi) is 30.9. The Bertz CT molecular complexity index is 7800. The van der Waals surface area contributed by atoms with E-state index in [0.29, 0.717) is 17.1 Å². The highest BCUT2D eigenvalue weighted by atomic mass is 32.2. The molecule has 0 spiro atoms. The first-order chi connectivity index (χ1) is 68.9. The number of carbonyl (C=O) groups excluding carboxylic acids is 1. The lowest BCUT2D eigenvalue weighted by molar-refractivity contribution is 0.101. The number of aromatic nitrogens is 18. The lowest BCUT2D eigenvalue weighted by Crippen LogP contribution is -2.18. The third-order valence-corrected chi connectivity index (χ3v) is 26.4. The Labute approximate surface area is 817 Å². The van der Waals surface area contributed by atoms with Gasteiger partial charge in [0, 0.05) is 98.7 Å².